The highest BCUT2D eigenvalue weighted by molar-refractivity contribution is 14.0. The van der Waals surface area contributed by atoms with Crippen LogP contribution in [-0.2, 0) is 0 Å². The van der Waals surface area contributed by atoms with Gasteiger partial charge in [0, 0.05) is 25.2 Å². The lowest BCUT2D eigenvalue weighted by Crippen LogP contribution is -2.40. The maximum absolute atomic E-state index is 4.69. The van der Waals surface area contributed by atoms with E-state index in [1.807, 2.05) is 0 Å². The van der Waals surface area contributed by atoms with Gasteiger partial charge in [-0.2, -0.15) is 0 Å². The Labute approximate surface area is 141 Å². The average molecular weight is 394 g/mol. The number of aliphatic imine (C=N–C) groups is 1. The Morgan fingerprint density at radius 1 is 1.30 bits per heavy atom. The molecule has 0 aromatic rings. The monoisotopic (exact) mass is 394 g/mol. The third kappa shape index (κ3) is 5.76. The molecule has 5 heteroatoms. The van der Waals surface area contributed by atoms with Gasteiger partial charge in [0.05, 0.1) is 6.54 Å². The second-order valence-electron chi connectivity index (χ2n) is 6.14. The Morgan fingerprint density at radius 2 is 1.95 bits per heavy atom. The van der Waals surface area contributed by atoms with Crippen LogP contribution in [0.4, 0.5) is 0 Å². The first-order chi connectivity index (χ1) is 9.20. The van der Waals surface area contributed by atoms with Crippen molar-refractivity contribution in [2.24, 2.45) is 10.9 Å². The van der Waals surface area contributed by atoms with Crippen molar-refractivity contribution in [3.63, 3.8) is 0 Å². The fourth-order valence-electron chi connectivity index (χ4n) is 2.87. The molecule has 20 heavy (non-hydrogen) atoms. The minimum atomic E-state index is 0. The zero-order chi connectivity index (χ0) is 13.7. The number of hydrogen-bond donors (Lipinski definition) is 2. The highest BCUT2D eigenvalue weighted by atomic mass is 127. The minimum Gasteiger partial charge on any atom is -0.357 e. The van der Waals surface area contributed by atoms with Gasteiger partial charge in [-0.1, -0.05) is 19.8 Å². The van der Waals surface area contributed by atoms with Crippen molar-refractivity contribution in [1.82, 2.24) is 15.5 Å². The van der Waals surface area contributed by atoms with Crippen LogP contribution in [0.2, 0.25) is 0 Å². The van der Waals surface area contributed by atoms with Crippen LogP contribution < -0.4 is 10.6 Å². The Balaban J connectivity index is 0.00000200. The number of nitrogens with zero attached hydrogens (tertiary/aromatic N) is 2. The van der Waals surface area contributed by atoms with Crippen molar-refractivity contribution >= 4 is 29.9 Å². The summed E-state index contributed by atoms with van der Waals surface area (Å²) >= 11 is 0. The summed E-state index contributed by atoms with van der Waals surface area (Å²) in [7, 11) is 2.24. The number of rotatable bonds is 6. The quantitative estimate of drug-likeness (QED) is 0.413. The van der Waals surface area contributed by atoms with Gasteiger partial charge >= 0.3 is 0 Å². The molecular weight excluding hydrogens is 363 g/mol. The van der Waals surface area contributed by atoms with E-state index in [4.69, 9.17) is 4.99 Å². The van der Waals surface area contributed by atoms with Crippen LogP contribution in [0, 0.1) is 5.92 Å². The Hall–Kier alpha value is -0.0400. The topological polar surface area (TPSA) is 39.7 Å². The second kappa shape index (κ2) is 9.07. The molecule has 0 aliphatic heterocycles. The summed E-state index contributed by atoms with van der Waals surface area (Å²) in [5.41, 5.74) is 0. The van der Waals surface area contributed by atoms with Crippen molar-refractivity contribution in [3.05, 3.63) is 0 Å². The molecular formula is C15H31IN4. The van der Waals surface area contributed by atoms with Crippen LogP contribution in [0.15, 0.2) is 4.99 Å². The molecule has 0 amide bonds. The molecule has 2 N–H and O–H groups in total. The number of halogens is 1. The van der Waals surface area contributed by atoms with Gasteiger partial charge < -0.3 is 15.5 Å². The lowest BCUT2D eigenvalue weighted by molar-refractivity contribution is 0.252. The Morgan fingerprint density at radius 3 is 2.50 bits per heavy atom. The van der Waals surface area contributed by atoms with E-state index in [0.717, 1.165) is 37.6 Å². The Kier molecular flexibility index (Phi) is 8.17. The molecule has 4 nitrogen and oxygen atoms in total. The molecule has 0 spiro atoms. The maximum Gasteiger partial charge on any atom is 0.191 e. The summed E-state index contributed by atoms with van der Waals surface area (Å²) in [5, 5.41) is 6.84. The van der Waals surface area contributed by atoms with Crippen LogP contribution in [0.1, 0.15) is 46.0 Å². The molecule has 2 rings (SSSR count). The fourth-order valence-corrected chi connectivity index (χ4v) is 2.87. The van der Waals surface area contributed by atoms with Gasteiger partial charge in [0.2, 0.25) is 0 Å². The largest absolute Gasteiger partial charge is 0.357 e. The van der Waals surface area contributed by atoms with E-state index in [2.05, 4.69) is 36.4 Å². The molecule has 0 bridgehead atoms. The van der Waals surface area contributed by atoms with Crippen LogP contribution >= 0.6 is 24.0 Å². The van der Waals surface area contributed by atoms with E-state index in [1.165, 1.54) is 32.1 Å². The molecule has 2 aliphatic rings. The van der Waals surface area contributed by atoms with Gasteiger partial charge in [0.1, 0.15) is 0 Å². The first-order valence-electron chi connectivity index (χ1n) is 7.95. The minimum absolute atomic E-state index is 0. The zero-order valence-corrected chi connectivity index (χ0v) is 15.5. The van der Waals surface area contributed by atoms with Crippen LogP contribution in [0.3, 0.4) is 0 Å². The van der Waals surface area contributed by atoms with Crippen molar-refractivity contribution < 1.29 is 0 Å². The van der Waals surface area contributed by atoms with Crippen molar-refractivity contribution in [3.8, 4) is 0 Å². The summed E-state index contributed by atoms with van der Waals surface area (Å²) in [6.07, 6.45) is 6.84. The fraction of sp³-hybridized carbons (Fsp3) is 0.933. The number of guanidine groups is 1. The smallest absolute Gasteiger partial charge is 0.191 e. The summed E-state index contributed by atoms with van der Waals surface area (Å²) in [6, 6.07) is 1.44. The molecule has 118 valence electrons. The van der Waals surface area contributed by atoms with Crippen LogP contribution in [-0.4, -0.2) is 49.6 Å². The predicted molar refractivity (Wildman–Crippen MR) is 97.0 cm³/mol. The van der Waals surface area contributed by atoms with Gasteiger partial charge in [-0.15, -0.1) is 24.0 Å². The summed E-state index contributed by atoms with van der Waals surface area (Å²) < 4.78 is 0. The third-order valence-corrected chi connectivity index (χ3v) is 4.45. The molecule has 2 fully saturated rings. The number of hydrogen-bond acceptors (Lipinski definition) is 2. The lowest BCUT2D eigenvalue weighted by Gasteiger charge is -2.23. The van der Waals surface area contributed by atoms with Crippen LogP contribution in [0.25, 0.3) is 0 Å². The Bertz CT molecular complexity index is 302. The maximum atomic E-state index is 4.69. The van der Waals surface area contributed by atoms with E-state index in [-0.39, 0.29) is 24.0 Å². The second-order valence-corrected chi connectivity index (χ2v) is 6.14. The van der Waals surface area contributed by atoms with Crippen molar-refractivity contribution in [2.75, 3.05) is 26.7 Å². The standard InChI is InChI=1S/C15H30N4.HI/c1-4-16-15(18-14-11-12(14)2)17-9-10-19(3)13-7-5-6-8-13;/h12-14H,4-11H2,1-3H3,(H2,16,17,18);1H. The van der Waals surface area contributed by atoms with E-state index < -0.39 is 0 Å². The molecule has 0 radical (unpaired) electrons. The first kappa shape index (κ1) is 18.0. The zero-order valence-electron chi connectivity index (χ0n) is 13.2. The van der Waals surface area contributed by atoms with Gasteiger partial charge in [0.15, 0.2) is 5.96 Å². The molecule has 2 atom stereocenters. The SMILES string of the molecule is CCNC(=NCCN(C)C1CCCC1)NC1CC1C.I. The number of likely N-dealkylation sites (N-methyl/N-ethyl adjacent to an activating group) is 1. The molecule has 0 heterocycles. The van der Waals surface area contributed by atoms with E-state index >= 15 is 0 Å². The molecule has 2 aliphatic carbocycles. The molecule has 2 saturated carbocycles. The summed E-state index contributed by atoms with van der Waals surface area (Å²) in [5.74, 6) is 1.81. The van der Waals surface area contributed by atoms with Gasteiger partial charge in [-0.05, 0) is 39.2 Å². The highest BCUT2D eigenvalue weighted by Crippen LogP contribution is 2.28. The molecule has 0 aromatic heterocycles. The van der Waals surface area contributed by atoms with Crippen molar-refractivity contribution in [2.45, 2.75) is 58.0 Å². The summed E-state index contributed by atoms with van der Waals surface area (Å²) in [4.78, 5) is 7.18. The number of nitrogens with one attached hydrogen (secondary N) is 2. The normalized spacial score (nSPS) is 26.5. The predicted octanol–water partition coefficient (Wildman–Crippen LogP) is 2.44. The van der Waals surface area contributed by atoms with E-state index in [1.54, 1.807) is 0 Å². The third-order valence-electron chi connectivity index (χ3n) is 4.45. The lowest BCUT2D eigenvalue weighted by atomic mass is 10.2. The van der Waals surface area contributed by atoms with E-state index in [0.29, 0.717) is 6.04 Å². The highest BCUT2D eigenvalue weighted by Gasteiger charge is 2.33. The molecule has 0 saturated heterocycles. The average Bonchev–Trinajstić information content (AvgIpc) is 2.88. The first-order valence-corrected chi connectivity index (χ1v) is 7.95. The molecule has 0 aromatic carbocycles. The van der Waals surface area contributed by atoms with Crippen molar-refractivity contribution in [1.29, 1.82) is 0 Å². The van der Waals surface area contributed by atoms with Gasteiger partial charge in [-0.25, -0.2) is 0 Å². The summed E-state index contributed by atoms with van der Waals surface area (Å²) in [6.45, 7) is 7.31. The van der Waals surface area contributed by atoms with Gasteiger partial charge in [-0.3, -0.25) is 4.99 Å². The van der Waals surface area contributed by atoms with Crippen LogP contribution in [0.5, 0.6) is 0 Å². The van der Waals surface area contributed by atoms with Gasteiger partial charge in [0.25, 0.3) is 0 Å². The molecule has 2 unspecified atom stereocenters. The van der Waals surface area contributed by atoms with E-state index in [9.17, 15) is 0 Å².